The van der Waals surface area contributed by atoms with Crippen LogP contribution in [0.4, 0.5) is 17.2 Å². The fourth-order valence-corrected chi connectivity index (χ4v) is 2.97. The van der Waals surface area contributed by atoms with E-state index in [0.717, 1.165) is 0 Å². The van der Waals surface area contributed by atoms with Crippen molar-refractivity contribution in [2.24, 2.45) is 5.92 Å². The molecule has 0 bridgehead atoms. The zero-order chi connectivity index (χ0) is 19.7. The van der Waals surface area contributed by atoms with Crippen molar-refractivity contribution < 1.29 is 9.72 Å². The second kappa shape index (κ2) is 7.19. The lowest BCUT2D eigenvalue weighted by Crippen LogP contribution is -2.52. The number of amides is 1. The third kappa shape index (κ3) is 3.47. The molecule has 0 unspecified atom stereocenters. The van der Waals surface area contributed by atoms with Crippen molar-refractivity contribution in [2.45, 2.75) is 0 Å². The van der Waals surface area contributed by atoms with E-state index in [-0.39, 0.29) is 23.2 Å². The van der Waals surface area contributed by atoms with Gasteiger partial charge in [-0.25, -0.2) is 19.6 Å². The Hall–Kier alpha value is -3.60. The lowest BCUT2D eigenvalue weighted by Gasteiger charge is -2.39. The highest BCUT2D eigenvalue weighted by molar-refractivity contribution is 6.31. The largest absolute Gasteiger partial charge is 0.355 e. The average Bonchev–Trinajstić information content (AvgIpc) is 3.15. The lowest BCUT2D eigenvalue weighted by molar-refractivity contribution is -0.383. The molecule has 12 heteroatoms. The van der Waals surface area contributed by atoms with Crippen LogP contribution in [0.2, 0.25) is 5.02 Å². The molecule has 1 aliphatic heterocycles. The first-order chi connectivity index (χ1) is 13.5. The van der Waals surface area contributed by atoms with Crippen LogP contribution in [-0.4, -0.2) is 48.7 Å². The summed E-state index contributed by atoms with van der Waals surface area (Å²) in [5.74, 6) is 0.568. The Morgan fingerprint density at radius 2 is 2.00 bits per heavy atom. The SMILES string of the molecule is O=C(Nc1cc(Cl)ccc1[N+](=O)[O-])C1CN(c2cc(-n3cncn3)ncn2)C1. The molecular formula is C16H13ClN8O3. The van der Waals surface area contributed by atoms with E-state index >= 15 is 0 Å². The third-order valence-corrected chi connectivity index (χ3v) is 4.52. The van der Waals surface area contributed by atoms with Crippen LogP contribution in [0.5, 0.6) is 0 Å². The highest BCUT2D eigenvalue weighted by Crippen LogP contribution is 2.30. The Labute approximate surface area is 163 Å². The molecule has 1 fully saturated rings. The van der Waals surface area contributed by atoms with Gasteiger partial charge in [-0.05, 0) is 12.1 Å². The van der Waals surface area contributed by atoms with Gasteiger partial charge < -0.3 is 10.2 Å². The summed E-state index contributed by atoms with van der Waals surface area (Å²) >= 11 is 5.88. The van der Waals surface area contributed by atoms with Gasteiger partial charge in [-0.3, -0.25) is 14.9 Å². The number of halogens is 1. The molecule has 142 valence electrons. The van der Waals surface area contributed by atoms with E-state index in [0.29, 0.717) is 29.7 Å². The number of nitro benzene ring substituents is 1. The Kier molecular flexibility index (Phi) is 4.57. The number of nitro groups is 1. The van der Waals surface area contributed by atoms with Gasteiger partial charge in [0.05, 0.1) is 10.8 Å². The average molecular weight is 401 g/mol. The van der Waals surface area contributed by atoms with Gasteiger partial charge in [0.2, 0.25) is 5.91 Å². The monoisotopic (exact) mass is 400 g/mol. The number of hydrogen-bond acceptors (Lipinski definition) is 8. The summed E-state index contributed by atoms with van der Waals surface area (Å²) in [6.45, 7) is 0.849. The predicted molar refractivity (Wildman–Crippen MR) is 99.4 cm³/mol. The van der Waals surface area contributed by atoms with Gasteiger partial charge in [-0.2, -0.15) is 5.10 Å². The normalized spacial score (nSPS) is 13.8. The van der Waals surface area contributed by atoms with Crippen molar-refractivity contribution >= 4 is 34.7 Å². The summed E-state index contributed by atoms with van der Waals surface area (Å²) in [4.78, 5) is 37.1. The second-order valence-corrected chi connectivity index (χ2v) is 6.52. The topological polar surface area (TPSA) is 132 Å². The number of benzene rings is 1. The van der Waals surface area contributed by atoms with Crippen molar-refractivity contribution in [3.8, 4) is 5.82 Å². The molecule has 0 aliphatic carbocycles. The summed E-state index contributed by atoms with van der Waals surface area (Å²) in [7, 11) is 0. The molecule has 1 amide bonds. The number of carbonyl (C=O) groups is 1. The van der Waals surface area contributed by atoms with Crippen LogP contribution in [0.1, 0.15) is 0 Å². The minimum Gasteiger partial charge on any atom is -0.355 e. The maximum atomic E-state index is 12.5. The smallest absolute Gasteiger partial charge is 0.292 e. The molecule has 1 saturated heterocycles. The molecule has 3 aromatic rings. The number of carbonyl (C=O) groups excluding carboxylic acids is 1. The van der Waals surface area contributed by atoms with Crippen LogP contribution in [0.15, 0.2) is 43.2 Å². The summed E-state index contributed by atoms with van der Waals surface area (Å²) in [6.07, 6.45) is 4.34. The van der Waals surface area contributed by atoms with Crippen LogP contribution in [0.3, 0.4) is 0 Å². The molecule has 11 nitrogen and oxygen atoms in total. The van der Waals surface area contributed by atoms with Crippen molar-refractivity contribution in [1.29, 1.82) is 0 Å². The Balaban J connectivity index is 1.42. The second-order valence-electron chi connectivity index (χ2n) is 6.08. The molecule has 0 radical (unpaired) electrons. The minimum atomic E-state index is -0.564. The van der Waals surface area contributed by atoms with Crippen molar-refractivity contribution in [3.05, 3.63) is 58.4 Å². The fraction of sp³-hybridized carbons (Fsp3) is 0.188. The number of anilines is 2. The summed E-state index contributed by atoms with van der Waals surface area (Å²) in [5, 5.41) is 18.0. The van der Waals surface area contributed by atoms with Crippen LogP contribution in [0, 0.1) is 16.0 Å². The fourth-order valence-electron chi connectivity index (χ4n) is 2.80. The summed E-state index contributed by atoms with van der Waals surface area (Å²) in [5.41, 5.74) is -0.126. The Bertz CT molecular complexity index is 1040. The highest BCUT2D eigenvalue weighted by Gasteiger charge is 2.34. The van der Waals surface area contributed by atoms with Crippen LogP contribution >= 0.6 is 11.6 Å². The number of nitrogens with one attached hydrogen (secondary N) is 1. The molecule has 1 aliphatic rings. The molecule has 0 spiro atoms. The number of rotatable bonds is 5. The van der Waals surface area contributed by atoms with E-state index < -0.39 is 4.92 Å². The number of hydrogen-bond donors (Lipinski definition) is 1. The molecule has 28 heavy (non-hydrogen) atoms. The zero-order valence-electron chi connectivity index (χ0n) is 14.3. The van der Waals surface area contributed by atoms with E-state index in [1.165, 1.54) is 41.9 Å². The van der Waals surface area contributed by atoms with E-state index in [2.05, 4.69) is 25.4 Å². The van der Waals surface area contributed by atoms with Crippen molar-refractivity contribution in [1.82, 2.24) is 24.7 Å². The number of aromatic nitrogens is 5. The first-order valence-electron chi connectivity index (χ1n) is 8.18. The minimum absolute atomic E-state index is 0.0801. The molecule has 1 N–H and O–H groups in total. The van der Waals surface area contributed by atoms with Gasteiger partial charge in [0.25, 0.3) is 5.69 Å². The first-order valence-corrected chi connectivity index (χ1v) is 8.56. The molecule has 2 aromatic heterocycles. The molecule has 1 aromatic carbocycles. The van der Waals surface area contributed by atoms with Gasteiger partial charge in [-0.1, -0.05) is 11.6 Å². The van der Waals surface area contributed by atoms with Gasteiger partial charge >= 0.3 is 0 Å². The van der Waals surface area contributed by atoms with Crippen molar-refractivity contribution in [2.75, 3.05) is 23.3 Å². The summed E-state index contributed by atoms with van der Waals surface area (Å²) < 4.78 is 1.51. The van der Waals surface area contributed by atoms with Crippen LogP contribution in [-0.2, 0) is 4.79 Å². The highest BCUT2D eigenvalue weighted by atomic mass is 35.5. The van der Waals surface area contributed by atoms with Crippen molar-refractivity contribution in [3.63, 3.8) is 0 Å². The molecule has 4 rings (SSSR count). The predicted octanol–water partition coefficient (Wildman–Crippen LogP) is 1.69. The van der Waals surface area contributed by atoms with Gasteiger partial charge in [-0.15, -0.1) is 0 Å². The van der Waals surface area contributed by atoms with Crippen LogP contribution < -0.4 is 10.2 Å². The molecule has 0 atom stereocenters. The maximum Gasteiger partial charge on any atom is 0.292 e. The Morgan fingerprint density at radius 3 is 2.71 bits per heavy atom. The third-order valence-electron chi connectivity index (χ3n) is 4.28. The van der Waals surface area contributed by atoms with E-state index in [1.807, 2.05) is 4.90 Å². The van der Waals surface area contributed by atoms with Gasteiger partial charge in [0, 0.05) is 30.2 Å². The number of nitrogens with zero attached hydrogens (tertiary/aromatic N) is 7. The maximum absolute atomic E-state index is 12.5. The van der Waals surface area contributed by atoms with Crippen LogP contribution in [0.25, 0.3) is 5.82 Å². The molecular weight excluding hydrogens is 388 g/mol. The Morgan fingerprint density at radius 1 is 1.21 bits per heavy atom. The zero-order valence-corrected chi connectivity index (χ0v) is 15.0. The van der Waals surface area contributed by atoms with E-state index in [9.17, 15) is 14.9 Å². The van der Waals surface area contributed by atoms with E-state index in [1.54, 1.807) is 6.07 Å². The molecule has 3 heterocycles. The van der Waals surface area contributed by atoms with Gasteiger partial charge in [0.1, 0.15) is 30.5 Å². The summed E-state index contributed by atoms with van der Waals surface area (Å²) in [6, 6.07) is 5.77. The lowest BCUT2D eigenvalue weighted by atomic mass is 9.99. The van der Waals surface area contributed by atoms with E-state index in [4.69, 9.17) is 11.6 Å². The molecule has 0 saturated carbocycles. The van der Waals surface area contributed by atoms with Gasteiger partial charge in [0.15, 0.2) is 5.82 Å². The quantitative estimate of drug-likeness (QED) is 0.505. The first kappa shape index (κ1) is 17.8. The standard InChI is InChI=1S/C16H13ClN8O3/c17-11-1-2-13(25(27)28)12(3-11)22-16(26)10-5-23(6-10)14-4-15(20-8-19-14)24-9-18-7-21-24/h1-4,7-10H,5-6H2,(H,22,26).